The highest BCUT2D eigenvalue weighted by Gasteiger charge is 2.39. The van der Waals surface area contributed by atoms with Crippen molar-refractivity contribution in [3.05, 3.63) is 37.0 Å². The summed E-state index contributed by atoms with van der Waals surface area (Å²) in [5.41, 5.74) is -1.15. The minimum Gasteiger partial charge on any atom is -0.481 e. The van der Waals surface area contributed by atoms with Crippen molar-refractivity contribution in [2.24, 2.45) is 5.92 Å². The largest absolute Gasteiger partial charge is 0.481 e. The third-order valence-corrected chi connectivity index (χ3v) is 2.21. The van der Waals surface area contributed by atoms with Crippen LogP contribution in [0.15, 0.2) is 37.0 Å². The molecule has 0 aromatic heterocycles. The predicted octanol–water partition coefficient (Wildman–Crippen LogP) is 1.30. The molecule has 1 N–H and O–H groups in total. The summed E-state index contributed by atoms with van der Waals surface area (Å²) in [5.74, 6) is -2.54. The number of carbonyl (C=O) groups excluding carboxylic acids is 1. The highest BCUT2D eigenvalue weighted by Crippen LogP contribution is 2.28. The molecule has 4 nitrogen and oxygen atoms in total. The number of carboxylic acids is 1. The van der Waals surface area contributed by atoms with E-state index < -0.39 is 23.5 Å². The SMILES string of the molecule is C=CC(=O)OC1(C)C=CC=CC1C(=O)O. The van der Waals surface area contributed by atoms with Crippen molar-refractivity contribution >= 4 is 11.9 Å². The Kier molecular flexibility index (Phi) is 3.09. The van der Waals surface area contributed by atoms with E-state index in [9.17, 15) is 9.59 Å². The lowest BCUT2D eigenvalue weighted by molar-refractivity contribution is -0.158. The van der Waals surface area contributed by atoms with Crippen LogP contribution in [-0.4, -0.2) is 22.6 Å². The summed E-state index contributed by atoms with van der Waals surface area (Å²) in [4.78, 5) is 22.0. The average molecular weight is 208 g/mol. The van der Waals surface area contributed by atoms with Gasteiger partial charge < -0.3 is 9.84 Å². The normalized spacial score (nSPS) is 28.5. The highest BCUT2D eigenvalue weighted by atomic mass is 16.6. The van der Waals surface area contributed by atoms with E-state index in [1.54, 1.807) is 25.2 Å². The van der Waals surface area contributed by atoms with Crippen LogP contribution in [0.3, 0.4) is 0 Å². The lowest BCUT2D eigenvalue weighted by atomic mass is 9.85. The van der Waals surface area contributed by atoms with Crippen molar-refractivity contribution in [2.45, 2.75) is 12.5 Å². The molecular weight excluding hydrogens is 196 g/mol. The number of ether oxygens (including phenoxy) is 1. The number of hydrogen-bond acceptors (Lipinski definition) is 3. The van der Waals surface area contributed by atoms with Gasteiger partial charge in [0.05, 0.1) is 0 Å². The molecule has 1 aliphatic rings. The number of hydrogen-bond donors (Lipinski definition) is 1. The van der Waals surface area contributed by atoms with Crippen LogP contribution in [0.1, 0.15) is 6.92 Å². The fourth-order valence-corrected chi connectivity index (χ4v) is 1.40. The van der Waals surface area contributed by atoms with Crippen LogP contribution in [-0.2, 0) is 14.3 Å². The van der Waals surface area contributed by atoms with Gasteiger partial charge in [-0.1, -0.05) is 24.8 Å². The average Bonchev–Trinajstić information content (AvgIpc) is 2.17. The topological polar surface area (TPSA) is 63.6 Å². The molecule has 15 heavy (non-hydrogen) atoms. The van der Waals surface area contributed by atoms with Crippen LogP contribution < -0.4 is 0 Å². The summed E-state index contributed by atoms with van der Waals surface area (Å²) >= 11 is 0. The quantitative estimate of drug-likeness (QED) is 0.561. The Morgan fingerprint density at radius 3 is 2.73 bits per heavy atom. The maximum absolute atomic E-state index is 11.1. The van der Waals surface area contributed by atoms with Crippen LogP contribution >= 0.6 is 0 Å². The van der Waals surface area contributed by atoms with E-state index in [2.05, 4.69) is 6.58 Å². The Bertz CT molecular complexity index is 354. The molecule has 0 amide bonds. The number of esters is 1. The monoisotopic (exact) mass is 208 g/mol. The van der Waals surface area contributed by atoms with Crippen molar-refractivity contribution in [3.63, 3.8) is 0 Å². The fourth-order valence-electron chi connectivity index (χ4n) is 1.40. The first-order valence-corrected chi connectivity index (χ1v) is 4.44. The van der Waals surface area contributed by atoms with Crippen molar-refractivity contribution in [3.8, 4) is 0 Å². The lowest BCUT2D eigenvalue weighted by Crippen LogP contribution is -2.41. The second-order valence-electron chi connectivity index (χ2n) is 3.37. The highest BCUT2D eigenvalue weighted by molar-refractivity contribution is 5.83. The first-order chi connectivity index (χ1) is 6.99. The van der Waals surface area contributed by atoms with Crippen LogP contribution in [0.4, 0.5) is 0 Å². The zero-order valence-corrected chi connectivity index (χ0v) is 8.34. The van der Waals surface area contributed by atoms with Gasteiger partial charge in [0, 0.05) is 6.08 Å². The smallest absolute Gasteiger partial charge is 0.331 e. The Morgan fingerprint density at radius 2 is 2.20 bits per heavy atom. The van der Waals surface area contributed by atoms with Gasteiger partial charge in [-0.15, -0.1) is 0 Å². The fraction of sp³-hybridized carbons (Fsp3) is 0.273. The molecule has 0 radical (unpaired) electrons. The molecule has 0 saturated carbocycles. The minimum absolute atomic E-state index is 0.635. The first-order valence-electron chi connectivity index (χ1n) is 4.44. The van der Waals surface area contributed by atoms with Gasteiger partial charge >= 0.3 is 11.9 Å². The third kappa shape index (κ3) is 2.34. The molecule has 0 fully saturated rings. The van der Waals surface area contributed by atoms with Crippen LogP contribution in [0, 0.1) is 5.92 Å². The Labute approximate surface area is 87.5 Å². The summed E-state index contributed by atoms with van der Waals surface area (Å²) in [5, 5.41) is 8.96. The van der Waals surface area contributed by atoms with Crippen LogP contribution in [0.2, 0.25) is 0 Å². The van der Waals surface area contributed by atoms with Gasteiger partial charge in [0.2, 0.25) is 0 Å². The lowest BCUT2D eigenvalue weighted by Gasteiger charge is -2.31. The van der Waals surface area contributed by atoms with Crippen molar-refractivity contribution in [2.75, 3.05) is 0 Å². The molecule has 1 rings (SSSR count). The van der Waals surface area contributed by atoms with Crippen LogP contribution in [0.25, 0.3) is 0 Å². The van der Waals surface area contributed by atoms with Crippen molar-refractivity contribution in [1.29, 1.82) is 0 Å². The molecule has 1 aliphatic carbocycles. The Hall–Kier alpha value is -1.84. The maximum Gasteiger partial charge on any atom is 0.331 e. The van der Waals surface area contributed by atoms with Gasteiger partial charge in [0.1, 0.15) is 11.5 Å². The van der Waals surface area contributed by atoms with Gasteiger partial charge in [0.15, 0.2) is 0 Å². The van der Waals surface area contributed by atoms with Gasteiger partial charge in [-0.3, -0.25) is 4.79 Å². The first kappa shape index (κ1) is 11.2. The van der Waals surface area contributed by atoms with E-state index in [0.29, 0.717) is 0 Å². The predicted molar refractivity (Wildman–Crippen MR) is 54.1 cm³/mol. The third-order valence-electron chi connectivity index (χ3n) is 2.21. The van der Waals surface area contributed by atoms with E-state index in [1.165, 1.54) is 6.08 Å². The molecule has 0 aliphatic heterocycles. The molecule has 0 aromatic carbocycles. The zero-order chi connectivity index (χ0) is 11.5. The van der Waals surface area contributed by atoms with E-state index in [0.717, 1.165) is 6.08 Å². The van der Waals surface area contributed by atoms with Crippen molar-refractivity contribution in [1.82, 2.24) is 0 Å². The molecule has 2 unspecified atom stereocenters. The number of aliphatic carboxylic acids is 1. The molecule has 4 heteroatoms. The molecule has 2 atom stereocenters. The Balaban J connectivity index is 2.93. The molecule has 80 valence electrons. The molecule has 0 saturated heterocycles. The number of allylic oxidation sites excluding steroid dienone is 2. The summed E-state index contributed by atoms with van der Waals surface area (Å²) < 4.78 is 5.03. The second-order valence-corrected chi connectivity index (χ2v) is 3.37. The van der Waals surface area contributed by atoms with Gasteiger partial charge in [0.25, 0.3) is 0 Å². The van der Waals surface area contributed by atoms with Gasteiger partial charge in [-0.2, -0.15) is 0 Å². The summed E-state index contributed by atoms with van der Waals surface area (Å²) in [6, 6.07) is 0. The summed E-state index contributed by atoms with van der Waals surface area (Å²) in [6.45, 7) is 4.81. The number of carboxylic acid groups (broad SMARTS) is 1. The second kappa shape index (κ2) is 4.13. The molecule has 0 spiro atoms. The molecule has 0 heterocycles. The van der Waals surface area contributed by atoms with E-state index in [1.807, 2.05) is 0 Å². The molecule has 0 aromatic rings. The molecular formula is C11H12O4. The number of rotatable bonds is 3. The number of carbonyl (C=O) groups is 2. The van der Waals surface area contributed by atoms with Crippen molar-refractivity contribution < 1.29 is 19.4 Å². The summed E-state index contributed by atoms with van der Waals surface area (Å²) in [7, 11) is 0. The standard InChI is InChI=1S/C11H12O4/c1-3-9(12)15-11(2)7-5-4-6-8(11)10(13)14/h3-8H,1H2,2H3,(H,13,14). The zero-order valence-electron chi connectivity index (χ0n) is 8.34. The van der Waals surface area contributed by atoms with E-state index >= 15 is 0 Å². The van der Waals surface area contributed by atoms with Gasteiger partial charge in [-0.05, 0) is 13.0 Å². The Morgan fingerprint density at radius 1 is 1.53 bits per heavy atom. The van der Waals surface area contributed by atoms with Crippen LogP contribution in [0.5, 0.6) is 0 Å². The molecule has 0 bridgehead atoms. The van der Waals surface area contributed by atoms with Gasteiger partial charge in [-0.25, -0.2) is 4.79 Å². The minimum atomic E-state index is -1.15. The van der Waals surface area contributed by atoms with E-state index in [4.69, 9.17) is 9.84 Å². The van der Waals surface area contributed by atoms with E-state index in [-0.39, 0.29) is 0 Å². The maximum atomic E-state index is 11.1. The summed E-state index contributed by atoms with van der Waals surface area (Å²) in [6.07, 6.45) is 7.31.